The van der Waals surface area contributed by atoms with Crippen LogP contribution in [0.3, 0.4) is 0 Å². The standard InChI is InChI=1S/C21H22N4O3S2/c1-13-24-25-21(28-13)29-12-17(26)23-20-18(15-9-5-6-10-16(15)30-20)19(27)22-11-14-7-3-2-4-8-14/h2-4,7-8H,5-6,9-12H2,1H3,(H,22,27)(H,23,26). The molecule has 3 aromatic rings. The number of nitrogens with one attached hydrogen (secondary N) is 2. The average Bonchev–Trinajstić information content (AvgIpc) is 3.34. The Morgan fingerprint density at radius 2 is 1.97 bits per heavy atom. The summed E-state index contributed by atoms with van der Waals surface area (Å²) in [6.07, 6.45) is 3.98. The van der Waals surface area contributed by atoms with Crippen molar-refractivity contribution < 1.29 is 14.0 Å². The summed E-state index contributed by atoms with van der Waals surface area (Å²) in [5.74, 6) is 0.247. The molecule has 9 heteroatoms. The minimum Gasteiger partial charge on any atom is -0.416 e. The van der Waals surface area contributed by atoms with Crippen molar-refractivity contribution in [1.29, 1.82) is 0 Å². The van der Waals surface area contributed by atoms with E-state index in [1.165, 1.54) is 28.0 Å². The Bertz CT molecular complexity index is 1050. The lowest BCUT2D eigenvalue weighted by atomic mass is 9.95. The fourth-order valence-corrected chi connectivity index (χ4v) is 5.30. The predicted octanol–water partition coefficient (Wildman–Crippen LogP) is 3.98. The number of carbonyl (C=O) groups excluding carboxylic acids is 2. The van der Waals surface area contributed by atoms with Crippen LogP contribution in [-0.4, -0.2) is 27.8 Å². The van der Waals surface area contributed by atoms with Crippen LogP contribution in [-0.2, 0) is 24.2 Å². The molecular formula is C21H22N4O3S2. The van der Waals surface area contributed by atoms with Crippen LogP contribution in [0.15, 0.2) is 40.0 Å². The molecule has 30 heavy (non-hydrogen) atoms. The number of benzene rings is 1. The first kappa shape index (κ1) is 20.6. The molecule has 4 rings (SSSR count). The van der Waals surface area contributed by atoms with E-state index in [1.807, 2.05) is 30.3 Å². The quantitative estimate of drug-likeness (QED) is 0.537. The van der Waals surface area contributed by atoms with E-state index in [4.69, 9.17) is 4.42 Å². The molecule has 7 nitrogen and oxygen atoms in total. The van der Waals surface area contributed by atoms with E-state index in [0.29, 0.717) is 28.2 Å². The maximum absolute atomic E-state index is 13.0. The minimum absolute atomic E-state index is 0.134. The molecule has 2 aromatic heterocycles. The summed E-state index contributed by atoms with van der Waals surface area (Å²) in [6, 6.07) is 9.79. The van der Waals surface area contributed by atoms with Gasteiger partial charge in [-0.1, -0.05) is 42.1 Å². The summed E-state index contributed by atoms with van der Waals surface area (Å²) >= 11 is 2.69. The number of aryl methyl sites for hydroxylation is 2. The summed E-state index contributed by atoms with van der Waals surface area (Å²) < 4.78 is 5.29. The third-order valence-electron chi connectivity index (χ3n) is 4.78. The van der Waals surface area contributed by atoms with Crippen LogP contribution in [0.1, 0.15) is 45.1 Å². The van der Waals surface area contributed by atoms with Gasteiger partial charge in [-0.2, -0.15) is 0 Å². The Hall–Kier alpha value is -2.65. The van der Waals surface area contributed by atoms with Crippen LogP contribution in [0, 0.1) is 6.92 Å². The number of hydrogen-bond acceptors (Lipinski definition) is 7. The summed E-state index contributed by atoms with van der Waals surface area (Å²) in [5.41, 5.74) is 2.72. The monoisotopic (exact) mass is 442 g/mol. The number of anilines is 1. The Balaban J connectivity index is 1.47. The summed E-state index contributed by atoms with van der Waals surface area (Å²) in [7, 11) is 0. The van der Waals surface area contributed by atoms with Crippen molar-refractivity contribution >= 4 is 39.9 Å². The number of hydrogen-bond donors (Lipinski definition) is 2. The van der Waals surface area contributed by atoms with Crippen molar-refractivity contribution in [2.75, 3.05) is 11.1 Å². The van der Waals surface area contributed by atoms with Crippen molar-refractivity contribution in [3.8, 4) is 0 Å². The Kier molecular flexibility index (Phi) is 6.49. The van der Waals surface area contributed by atoms with Gasteiger partial charge in [0, 0.05) is 18.3 Å². The smallest absolute Gasteiger partial charge is 0.277 e. The molecule has 0 bridgehead atoms. The third kappa shape index (κ3) is 4.91. The van der Waals surface area contributed by atoms with Gasteiger partial charge in [0.05, 0.1) is 11.3 Å². The fourth-order valence-electron chi connectivity index (χ4n) is 3.39. The van der Waals surface area contributed by atoms with E-state index in [0.717, 1.165) is 36.8 Å². The topological polar surface area (TPSA) is 97.1 Å². The van der Waals surface area contributed by atoms with Crippen molar-refractivity contribution in [1.82, 2.24) is 15.5 Å². The van der Waals surface area contributed by atoms with E-state index in [-0.39, 0.29) is 17.6 Å². The molecule has 0 aliphatic heterocycles. The number of thiophene rings is 1. The number of amides is 2. The molecule has 2 amide bonds. The Morgan fingerprint density at radius 1 is 1.17 bits per heavy atom. The number of aromatic nitrogens is 2. The lowest BCUT2D eigenvalue weighted by molar-refractivity contribution is -0.113. The molecular weight excluding hydrogens is 420 g/mol. The minimum atomic E-state index is -0.202. The molecule has 2 heterocycles. The largest absolute Gasteiger partial charge is 0.416 e. The van der Waals surface area contributed by atoms with Gasteiger partial charge < -0.3 is 15.1 Å². The molecule has 1 aliphatic carbocycles. The molecule has 0 unspecified atom stereocenters. The van der Waals surface area contributed by atoms with Gasteiger partial charge in [0.2, 0.25) is 11.8 Å². The van der Waals surface area contributed by atoms with E-state index in [9.17, 15) is 9.59 Å². The molecule has 0 saturated heterocycles. The van der Waals surface area contributed by atoms with E-state index in [1.54, 1.807) is 6.92 Å². The highest BCUT2D eigenvalue weighted by molar-refractivity contribution is 7.99. The maximum atomic E-state index is 13.0. The van der Waals surface area contributed by atoms with Gasteiger partial charge in [-0.25, -0.2) is 0 Å². The van der Waals surface area contributed by atoms with Crippen molar-refractivity contribution in [2.45, 2.75) is 44.4 Å². The molecule has 1 aromatic carbocycles. The molecule has 0 fully saturated rings. The molecule has 1 aliphatic rings. The first-order chi connectivity index (χ1) is 14.6. The summed E-state index contributed by atoms with van der Waals surface area (Å²) in [4.78, 5) is 26.7. The number of carbonyl (C=O) groups is 2. The average molecular weight is 443 g/mol. The van der Waals surface area contributed by atoms with Crippen molar-refractivity contribution in [3.63, 3.8) is 0 Å². The Labute approximate surface area is 182 Å². The summed E-state index contributed by atoms with van der Waals surface area (Å²) in [5, 5.41) is 14.6. The van der Waals surface area contributed by atoms with Gasteiger partial charge in [0.1, 0.15) is 5.00 Å². The molecule has 156 valence electrons. The van der Waals surface area contributed by atoms with Gasteiger partial charge in [0.25, 0.3) is 11.1 Å². The first-order valence-corrected chi connectivity index (χ1v) is 11.6. The molecule has 0 radical (unpaired) electrons. The van der Waals surface area contributed by atoms with Crippen LogP contribution in [0.25, 0.3) is 0 Å². The maximum Gasteiger partial charge on any atom is 0.277 e. The van der Waals surface area contributed by atoms with Gasteiger partial charge >= 0.3 is 0 Å². The molecule has 0 spiro atoms. The molecule has 2 N–H and O–H groups in total. The second kappa shape index (κ2) is 9.44. The zero-order valence-electron chi connectivity index (χ0n) is 16.6. The van der Waals surface area contributed by atoms with Crippen LogP contribution in [0.2, 0.25) is 0 Å². The second-order valence-electron chi connectivity index (χ2n) is 7.01. The van der Waals surface area contributed by atoms with Gasteiger partial charge in [-0.05, 0) is 36.8 Å². The van der Waals surface area contributed by atoms with E-state index in [2.05, 4.69) is 20.8 Å². The predicted molar refractivity (Wildman–Crippen MR) is 117 cm³/mol. The number of nitrogens with zero attached hydrogens (tertiary/aromatic N) is 2. The van der Waals surface area contributed by atoms with Crippen LogP contribution >= 0.6 is 23.1 Å². The first-order valence-electron chi connectivity index (χ1n) is 9.79. The number of rotatable bonds is 7. The normalized spacial score (nSPS) is 13.0. The Morgan fingerprint density at radius 3 is 2.73 bits per heavy atom. The summed E-state index contributed by atoms with van der Waals surface area (Å²) in [6.45, 7) is 2.15. The lowest BCUT2D eigenvalue weighted by Crippen LogP contribution is -2.25. The SMILES string of the molecule is Cc1nnc(SCC(=O)Nc2sc3c(c2C(=O)NCc2ccccc2)CCCC3)o1. The van der Waals surface area contributed by atoms with E-state index >= 15 is 0 Å². The van der Waals surface area contributed by atoms with Crippen LogP contribution in [0.5, 0.6) is 0 Å². The van der Waals surface area contributed by atoms with E-state index < -0.39 is 0 Å². The second-order valence-corrected chi connectivity index (χ2v) is 9.04. The zero-order chi connectivity index (χ0) is 20.9. The highest BCUT2D eigenvalue weighted by Gasteiger charge is 2.26. The third-order valence-corrected chi connectivity index (χ3v) is 6.81. The van der Waals surface area contributed by atoms with Crippen LogP contribution < -0.4 is 10.6 Å². The van der Waals surface area contributed by atoms with Gasteiger partial charge in [-0.3, -0.25) is 9.59 Å². The highest BCUT2D eigenvalue weighted by Crippen LogP contribution is 2.38. The highest BCUT2D eigenvalue weighted by atomic mass is 32.2. The van der Waals surface area contributed by atoms with Crippen LogP contribution in [0.4, 0.5) is 5.00 Å². The molecule has 0 atom stereocenters. The number of fused-ring (bicyclic) bond motifs is 1. The number of thioether (sulfide) groups is 1. The fraction of sp³-hybridized carbons (Fsp3) is 0.333. The van der Waals surface area contributed by atoms with Crippen molar-refractivity contribution in [3.05, 3.63) is 57.8 Å². The molecule has 0 saturated carbocycles. The lowest BCUT2D eigenvalue weighted by Gasteiger charge is -2.13. The zero-order valence-corrected chi connectivity index (χ0v) is 18.2. The van der Waals surface area contributed by atoms with Crippen molar-refractivity contribution in [2.24, 2.45) is 0 Å². The van der Waals surface area contributed by atoms with Gasteiger partial charge in [-0.15, -0.1) is 21.5 Å². The van der Waals surface area contributed by atoms with Gasteiger partial charge in [0.15, 0.2) is 0 Å².